The van der Waals surface area contributed by atoms with Gasteiger partial charge in [-0.2, -0.15) is 13.9 Å². The molecule has 0 aromatic rings. The summed E-state index contributed by atoms with van der Waals surface area (Å²) in [6, 6.07) is -0.730. The van der Waals surface area contributed by atoms with Crippen molar-refractivity contribution < 1.29 is 18.1 Å². The minimum atomic E-state index is -3.25. The molecule has 1 saturated heterocycles. The van der Waals surface area contributed by atoms with Crippen LogP contribution in [0.2, 0.25) is 0 Å². The Bertz CT molecular complexity index is 175. The molecular formula is C6H10ClF3N2O. The van der Waals surface area contributed by atoms with Gasteiger partial charge in [0.1, 0.15) is 0 Å². The van der Waals surface area contributed by atoms with Crippen molar-refractivity contribution in [3.05, 3.63) is 0 Å². The summed E-state index contributed by atoms with van der Waals surface area (Å²) in [5, 5.41) is 2.40. The van der Waals surface area contributed by atoms with E-state index >= 15 is 0 Å². The van der Waals surface area contributed by atoms with Gasteiger partial charge in [-0.25, -0.2) is 0 Å². The van der Waals surface area contributed by atoms with E-state index in [9.17, 15) is 18.1 Å². The number of carbonyl (C=O) groups excluding carboxylic acids is 1. The van der Waals surface area contributed by atoms with Crippen LogP contribution in [0.1, 0.15) is 6.42 Å². The van der Waals surface area contributed by atoms with E-state index in [1.54, 1.807) is 0 Å². The maximum absolute atomic E-state index is 12.7. The van der Waals surface area contributed by atoms with Gasteiger partial charge in [0.15, 0.2) is 0 Å². The molecule has 13 heavy (non-hydrogen) atoms. The number of carbonyl (C=O) groups is 1. The number of hydrogen-bond donors (Lipinski definition) is 1. The fourth-order valence-electron chi connectivity index (χ4n) is 1.11. The molecule has 0 aliphatic carbocycles. The average Bonchev–Trinajstić information content (AvgIpc) is 2.53. The molecule has 0 aromatic carbocycles. The second kappa shape index (κ2) is 5.29. The first-order valence-corrected chi connectivity index (χ1v) is 3.60. The number of alkyl halides is 2. The molecule has 0 spiro atoms. The maximum Gasteiger partial charge on any atom is 0.318 e. The number of amides is 1. The van der Waals surface area contributed by atoms with Crippen molar-refractivity contribution in [3.8, 4) is 0 Å². The summed E-state index contributed by atoms with van der Waals surface area (Å²) < 4.78 is 36.1. The van der Waals surface area contributed by atoms with E-state index in [1.165, 1.54) is 0 Å². The number of rotatable bonds is 2. The summed E-state index contributed by atoms with van der Waals surface area (Å²) in [7, 11) is 0. The van der Waals surface area contributed by atoms with E-state index in [0.29, 0.717) is 13.0 Å². The lowest BCUT2D eigenvalue weighted by atomic mass is 10.2. The molecule has 1 aliphatic rings. The second-order valence-corrected chi connectivity index (χ2v) is 2.60. The SMILES string of the molecule is Cl.O=C(C(F)F)N(F)C1CCNC1. The zero-order valence-electron chi connectivity index (χ0n) is 6.67. The fourth-order valence-corrected chi connectivity index (χ4v) is 1.11. The molecule has 1 rings (SSSR count). The van der Waals surface area contributed by atoms with Gasteiger partial charge >= 0.3 is 12.3 Å². The van der Waals surface area contributed by atoms with Gasteiger partial charge < -0.3 is 5.32 Å². The van der Waals surface area contributed by atoms with Crippen molar-refractivity contribution in [2.24, 2.45) is 0 Å². The van der Waals surface area contributed by atoms with Crippen LogP contribution in [0.3, 0.4) is 0 Å². The van der Waals surface area contributed by atoms with Gasteiger partial charge in [0.2, 0.25) is 0 Å². The molecule has 7 heteroatoms. The predicted molar refractivity (Wildman–Crippen MR) is 42.5 cm³/mol. The Hall–Kier alpha value is -0.490. The molecule has 1 amide bonds. The standard InChI is InChI=1S/C6H9F3N2O.ClH/c7-5(8)6(12)11(9)4-1-2-10-3-4;/h4-5,10H,1-3H2;1H. The first kappa shape index (κ1) is 12.5. The van der Waals surface area contributed by atoms with E-state index in [2.05, 4.69) is 5.32 Å². The summed E-state index contributed by atoms with van der Waals surface area (Å²) >= 11 is 0. The molecule has 1 atom stereocenters. The van der Waals surface area contributed by atoms with Crippen LogP contribution in [0.25, 0.3) is 0 Å². The third-order valence-electron chi connectivity index (χ3n) is 1.75. The Kier molecular flexibility index (Phi) is 5.09. The molecule has 1 unspecified atom stereocenters. The van der Waals surface area contributed by atoms with Crippen LogP contribution in [-0.4, -0.2) is 36.6 Å². The highest BCUT2D eigenvalue weighted by Gasteiger charge is 2.31. The molecule has 1 heterocycles. The lowest BCUT2D eigenvalue weighted by Crippen LogP contribution is -2.38. The van der Waals surface area contributed by atoms with E-state index in [4.69, 9.17) is 0 Å². The minimum absolute atomic E-state index is 0. The Morgan fingerprint density at radius 3 is 2.54 bits per heavy atom. The van der Waals surface area contributed by atoms with Crippen LogP contribution < -0.4 is 5.32 Å². The number of hydrogen-bond acceptors (Lipinski definition) is 2. The molecule has 1 aliphatic heterocycles. The van der Waals surface area contributed by atoms with Crippen molar-refractivity contribution in [2.45, 2.75) is 18.9 Å². The van der Waals surface area contributed by atoms with Crippen LogP contribution in [-0.2, 0) is 4.79 Å². The lowest BCUT2D eigenvalue weighted by Gasteiger charge is -2.17. The molecule has 3 nitrogen and oxygen atoms in total. The van der Waals surface area contributed by atoms with Crippen molar-refractivity contribution in [1.82, 2.24) is 10.4 Å². The Morgan fingerprint density at radius 2 is 2.15 bits per heavy atom. The normalized spacial score (nSPS) is 21.4. The zero-order valence-corrected chi connectivity index (χ0v) is 7.49. The van der Waals surface area contributed by atoms with E-state index in [0.717, 1.165) is 0 Å². The van der Waals surface area contributed by atoms with Gasteiger partial charge in [0.05, 0.1) is 6.04 Å². The monoisotopic (exact) mass is 218 g/mol. The Labute approximate surface area is 79.6 Å². The van der Waals surface area contributed by atoms with Crippen LogP contribution in [0.15, 0.2) is 0 Å². The summed E-state index contributed by atoms with van der Waals surface area (Å²) in [6.07, 6.45) is -2.87. The summed E-state index contributed by atoms with van der Waals surface area (Å²) in [5.74, 6) is -1.75. The highest BCUT2D eigenvalue weighted by atomic mass is 35.5. The van der Waals surface area contributed by atoms with Crippen molar-refractivity contribution in [3.63, 3.8) is 0 Å². The maximum atomic E-state index is 12.7. The van der Waals surface area contributed by atoms with E-state index < -0.39 is 18.4 Å². The number of halogens is 4. The molecule has 0 bridgehead atoms. The minimum Gasteiger partial charge on any atom is -0.314 e. The average molecular weight is 219 g/mol. The van der Waals surface area contributed by atoms with Crippen LogP contribution in [0, 0.1) is 0 Å². The van der Waals surface area contributed by atoms with E-state index in [1.807, 2.05) is 0 Å². The van der Waals surface area contributed by atoms with Crippen LogP contribution in [0.4, 0.5) is 13.3 Å². The topological polar surface area (TPSA) is 32.3 Å². The van der Waals surface area contributed by atoms with Crippen molar-refractivity contribution in [1.29, 1.82) is 0 Å². The highest BCUT2D eigenvalue weighted by Crippen LogP contribution is 2.12. The summed E-state index contributed by atoms with van der Waals surface area (Å²) in [4.78, 5) is 10.4. The first-order chi connectivity index (χ1) is 5.63. The first-order valence-electron chi connectivity index (χ1n) is 3.60. The van der Waals surface area contributed by atoms with Gasteiger partial charge in [0, 0.05) is 6.54 Å². The van der Waals surface area contributed by atoms with E-state index in [-0.39, 0.29) is 24.1 Å². The summed E-state index contributed by atoms with van der Waals surface area (Å²) in [6.45, 7) is 0.802. The third kappa shape index (κ3) is 3.04. The van der Waals surface area contributed by atoms with Gasteiger partial charge in [-0.15, -0.1) is 12.4 Å². The highest BCUT2D eigenvalue weighted by molar-refractivity contribution is 5.85. The molecule has 1 N–H and O–H groups in total. The molecule has 0 radical (unpaired) electrons. The summed E-state index contributed by atoms with van der Waals surface area (Å²) in [5.41, 5.74) is 0. The molecule has 0 saturated carbocycles. The van der Waals surface area contributed by atoms with Gasteiger partial charge in [0.25, 0.3) is 0 Å². The van der Waals surface area contributed by atoms with Gasteiger partial charge in [-0.05, 0) is 13.0 Å². The Balaban J connectivity index is 0.00000144. The molecule has 1 fully saturated rings. The largest absolute Gasteiger partial charge is 0.318 e. The molecular weight excluding hydrogens is 209 g/mol. The lowest BCUT2D eigenvalue weighted by molar-refractivity contribution is -0.163. The predicted octanol–water partition coefficient (Wildman–Crippen LogP) is 0.748. The van der Waals surface area contributed by atoms with Gasteiger partial charge in [-0.1, -0.05) is 4.48 Å². The van der Waals surface area contributed by atoms with Crippen molar-refractivity contribution >= 4 is 18.3 Å². The van der Waals surface area contributed by atoms with Crippen LogP contribution in [0.5, 0.6) is 0 Å². The zero-order chi connectivity index (χ0) is 9.14. The quantitative estimate of drug-likeness (QED) is 0.694. The third-order valence-corrected chi connectivity index (χ3v) is 1.75. The van der Waals surface area contributed by atoms with Crippen molar-refractivity contribution in [2.75, 3.05) is 13.1 Å². The van der Waals surface area contributed by atoms with Crippen LogP contribution >= 0.6 is 12.4 Å². The van der Waals surface area contributed by atoms with Gasteiger partial charge in [-0.3, -0.25) is 4.79 Å². The Morgan fingerprint density at radius 1 is 1.54 bits per heavy atom. The fraction of sp³-hybridized carbons (Fsp3) is 0.833. The smallest absolute Gasteiger partial charge is 0.314 e. The number of nitrogens with one attached hydrogen (secondary N) is 1. The second-order valence-electron chi connectivity index (χ2n) is 2.60. The number of nitrogens with zero attached hydrogens (tertiary/aromatic N) is 1. The molecule has 0 aromatic heterocycles. The molecule has 78 valence electrons.